The molecule has 0 saturated carbocycles. The number of thiol groups is 1. The molecule has 1 aliphatic heterocycles. The second-order valence-corrected chi connectivity index (χ2v) is 8.06. The zero-order chi connectivity index (χ0) is 23.0. The van der Waals surface area contributed by atoms with Crippen molar-refractivity contribution in [1.82, 2.24) is 5.32 Å². The Balaban J connectivity index is 1.34. The Morgan fingerprint density at radius 3 is 2.61 bits per heavy atom. The minimum atomic E-state index is -0.715. The van der Waals surface area contributed by atoms with Crippen molar-refractivity contribution in [1.29, 1.82) is 0 Å². The number of anilines is 1. The Hall–Kier alpha value is -3.26. The van der Waals surface area contributed by atoms with E-state index in [1.54, 1.807) is 12.1 Å². The monoisotopic (exact) mass is 462 g/mol. The number of benzene rings is 3. The number of hydrogen-bond donors (Lipinski definition) is 4. The van der Waals surface area contributed by atoms with Gasteiger partial charge in [0.25, 0.3) is 5.91 Å². The number of amides is 1. The van der Waals surface area contributed by atoms with Crippen LogP contribution in [0.25, 0.3) is 11.6 Å². The summed E-state index contributed by atoms with van der Waals surface area (Å²) in [6, 6.07) is 22.6. The van der Waals surface area contributed by atoms with Crippen molar-refractivity contribution >= 4 is 35.9 Å². The average molecular weight is 463 g/mol. The Bertz CT molecular complexity index is 1130. The van der Waals surface area contributed by atoms with E-state index in [9.17, 15) is 9.90 Å². The van der Waals surface area contributed by atoms with Crippen molar-refractivity contribution in [2.45, 2.75) is 11.0 Å². The highest BCUT2D eigenvalue weighted by Gasteiger charge is 2.28. The van der Waals surface area contributed by atoms with Gasteiger partial charge in [0.05, 0.1) is 16.8 Å². The van der Waals surface area contributed by atoms with Crippen molar-refractivity contribution in [2.75, 3.05) is 31.6 Å². The molecule has 1 amide bonds. The van der Waals surface area contributed by atoms with E-state index in [-0.39, 0.29) is 12.5 Å². The van der Waals surface area contributed by atoms with Gasteiger partial charge in [0.1, 0.15) is 30.8 Å². The van der Waals surface area contributed by atoms with Gasteiger partial charge in [-0.1, -0.05) is 42.5 Å². The molecule has 0 spiro atoms. The van der Waals surface area contributed by atoms with Crippen LogP contribution in [0.5, 0.6) is 11.5 Å². The quantitative estimate of drug-likeness (QED) is 0.209. The lowest BCUT2D eigenvalue weighted by molar-refractivity contribution is -0.110. The standard InChI is InChI=1S/C26H26N2O4S/c29-19(16-27-13-14-31-20-8-2-1-3-9-20)17-32-23-11-6-10-22-25(23)21(26(30)28-22)15-18-7-4-5-12-24(18)33/h1-12,15,19,27,29,33H,13-14,16-17H2,(H,28,30). The van der Waals surface area contributed by atoms with E-state index >= 15 is 0 Å². The highest BCUT2D eigenvalue weighted by molar-refractivity contribution is 7.80. The highest BCUT2D eigenvalue weighted by Crippen LogP contribution is 2.40. The first-order chi connectivity index (χ1) is 16.1. The maximum Gasteiger partial charge on any atom is 0.256 e. The molecule has 6 nitrogen and oxygen atoms in total. The summed E-state index contributed by atoms with van der Waals surface area (Å²) < 4.78 is 11.5. The summed E-state index contributed by atoms with van der Waals surface area (Å²) in [4.78, 5) is 13.4. The van der Waals surface area contributed by atoms with Gasteiger partial charge in [0.15, 0.2) is 0 Å². The molecule has 0 bridgehead atoms. The number of carbonyl (C=O) groups is 1. The molecule has 1 aliphatic rings. The van der Waals surface area contributed by atoms with Gasteiger partial charge in [-0.2, -0.15) is 0 Å². The third-order valence-corrected chi connectivity index (χ3v) is 5.53. The smallest absolute Gasteiger partial charge is 0.256 e. The Morgan fingerprint density at radius 2 is 1.79 bits per heavy atom. The second kappa shape index (κ2) is 11.0. The van der Waals surface area contributed by atoms with E-state index in [4.69, 9.17) is 9.47 Å². The lowest BCUT2D eigenvalue weighted by atomic mass is 10.0. The summed E-state index contributed by atoms with van der Waals surface area (Å²) in [7, 11) is 0. The molecule has 1 unspecified atom stereocenters. The van der Waals surface area contributed by atoms with Gasteiger partial charge in [0, 0.05) is 18.0 Å². The summed E-state index contributed by atoms with van der Waals surface area (Å²) in [5.74, 6) is 1.16. The largest absolute Gasteiger partial charge is 0.492 e. The van der Waals surface area contributed by atoms with E-state index in [0.717, 1.165) is 16.2 Å². The van der Waals surface area contributed by atoms with Crippen LogP contribution in [0.15, 0.2) is 77.7 Å². The third kappa shape index (κ3) is 5.96. The summed E-state index contributed by atoms with van der Waals surface area (Å²) in [5, 5.41) is 16.4. The van der Waals surface area contributed by atoms with Gasteiger partial charge in [-0.15, -0.1) is 12.6 Å². The maximum atomic E-state index is 12.6. The molecule has 0 radical (unpaired) electrons. The number of fused-ring (bicyclic) bond motifs is 1. The SMILES string of the molecule is O=C1Nc2cccc(OCC(O)CNCCOc3ccccc3)c2C1=Cc1ccccc1S. The van der Waals surface area contributed by atoms with Gasteiger partial charge in [-0.05, 0) is 42.0 Å². The van der Waals surface area contributed by atoms with Gasteiger partial charge in [-0.3, -0.25) is 4.79 Å². The van der Waals surface area contributed by atoms with Crippen molar-refractivity contribution in [3.63, 3.8) is 0 Å². The van der Waals surface area contributed by atoms with E-state index in [0.29, 0.717) is 42.3 Å². The molecular formula is C26H26N2O4S. The molecule has 170 valence electrons. The molecule has 0 fully saturated rings. The summed E-state index contributed by atoms with van der Waals surface area (Å²) >= 11 is 4.48. The zero-order valence-corrected chi connectivity index (χ0v) is 18.9. The van der Waals surface area contributed by atoms with Crippen LogP contribution in [0, 0.1) is 0 Å². The molecule has 1 atom stereocenters. The Kier molecular flexibility index (Phi) is 7.67. The van der Waals surface area contributed by atoms with Crippen LogP contribution in [-0.2, 0) is 4.79 Å². The molecule has 1 heterocycles. The molecule has 33 heavy (non-hydrogen) atoms. The van der Waals surface area contributed by atoms with Gasteiger partial charge < -0.3 is 25.2 Å². The van der Waals surface area contributed by atoms with Crippen LogP contribution in [0.1, 0.15) is 11.1 Å². The number of nitrogens with one attached hydrogen (secondary N) is 2. The highest BCUT2D eigenvalue weighted by atomic mass is 32.1. The minimum absolute atomic E-state index is 0.0909. The van der Waals surface area contributed by atoms with Crippen molar-refractivity contribution in [3.05, 3.63) is 83.9 Å². The first-order valence-corrected chi connectivity index (χ1v) is 11.2. The molecule has 0 aliphatic carbocycles. The van der Waals surface area contributed by atoms with Gasteiger partial charge in [-0.25, -0.2) is 0 Å². The van der Waals surface area contributed by atoms with Crippen LogP contribution in [-0.4, -0.2) is 43.4 Å². The lowest BCUT2D eigenvalue weighted by Gasteiger charge is -2.15. The predicted octanol–water partition coefficient (Wildman–Crippen LogP) is 3.88. The first-order valence-electron chi connectivity index (χ1n) is 10.8. The van der Waals surface area contributed by atoms with Crippen molar-refractivity contribution < 1.29 is 19.4 Å². The average Bonchev–Trinajstić information content (AvgIpc) is 3.15. The van der Waals surface area contributed by atoms with Gasteiger partial charge >= 0.3 is 0 Å². The number of carbonyl (C=O) groups excluding carboxylic acids is 1. The predicted molar refractivity (Wildman–Crippen MR) is 133 cm³/mol. The molecule has 3 aromatic rings. The fraction of sp³-hybridized carbons (Fsp3) is 0.192. The molecule has 7 heteroatoms. The van der Waals surface area contributed by atoms with E-state index in [1.165, 1.54) is 0 Å². The van der Waals surface area contributed by atoms with Crippen LogP contribution >= 0.6 is 12.6 Å². The third-order valence-electron chi connectivity index (χ3n) is 5.13. The Morgan fingerprint density at radius 1 is 1.00 bits per heavy atom. The van der Waals surface area contributed by atoms with Crippen LogP contribution < -0.4 is 20.1 Å². The minimum Gasteiger partial charge on any atom is -0.492 e. The van der Waals surface area contributed by atoms with E-state index in [1.807, 2.05) is 66.7 Å². The van der Waals surface area contributed by atoms with Gasteiger partial charge in [0.2, 0.25) is 0 Å². The maximum absolute atomic E-state index is 12.6. The Labute approximate surface area is 198 Å². The fourth-order valence-electron chi connectivity index (χ4n) is 3.51. The number of aliphatic hydroxyl groups excluding tert-OH is 1. The molecule has 0 saturated heterocycles. The molecule has 3 N–H and O–H groups in total. The van der Waals surface area contributed by atoms with Crippen LogP contribution in [0.2, 0.25) is 0 Å². The first kappa shape index (κ1) is 22.9. The topological polar surface area (TPSA) is 79.8 Å². The van der Waals surface area contributed by atoms with Crippen LogP contribution in [0.3, 0.4) is 0 Å². The normalized spacial score (nSPS) is 14.6. The van der Waals surface area contributed by atoms with E-state index < -0.39 is 6.10 Å². The van der Waals surface area contributed by atoms with Crippen molar-refractivity contribution in [2.24, 2.45) is 0 Å². The number of rotatable bonds is 10. The van der Waals surface area contributed by atoms with E-state index in [2.05, 4.69) is 23.3 Å². The number of ether oxygens (including phenoxy) is 2. The lowest BCUT2D eigenvalue weighted by Crippen LogP contribution is -2.33. The summed E-state index contributed by atoms with van der Waals surface area (Å²) in [6.07, 6.45) is 1.09. The number of hydrogen-bond acceptors (Lipinski definition) is 6. The summed E-state index contributed by atoms with van der Waals surface area (Å²) in [6.45, 7) is 1.55. The fourth-order valence-corrected chi connectivity index (χ4v) is 3.74. The number of para-hydroxylation sites is 1. The molecule has 4 rings (SSSR count). The van der Waals surface area contributed by atoms with Crippen LogP contribution in [0.4, 0.5) is 5.69 Å². The molecular weight excluding hydrogens is 436 g/mol. The second-order valence-electron chi connectivity index (χ2n) is 7.58. The summed E-state index contributed by atoms with van der Waals surface area (Å²) in [5.41, 5.74) is 2.73. The zero-order valence-electron chi connectivity index (χ0n) is 18.0. The molecule has 0 aromatic heterocycles. The van der Waals surface area contributed by atoms with Crippen molar-refractivity contribution in [3.8, 4) is 11.5 Å². The molecule has 3 aromatic carbocycles. The number of aliphatic hydroxyl groups is 1.